The highest BCUT2D eigenvalue weighted by molar-refractivity contribution is 7.90. The van der Waals surface area contributed by atoms with E-state index in [0.717, 1.165) is 0 Å². The number of hydrogen-bond acceptors (Lipinski definition) is 4. The summed E-state index contributed by atoms with van der Waals surface area (Å²) in [6.45, 7) is 0. The third kappa shape index (κ3) is 2.60. The van der Waals surface area contributed by atoms with Gasteiger partial charge in [-0.05, 0) is 11.6 Å². The second kappa shape index (κ2) is 4.34. The Morgan fingerprint density at radius 3 is 2.58 bits per heavy atom. The maximum Gasteiger partial charge on any atom is 0.314 e. The number of urea groups is 1. The molecule has 0 radical (unpaired) electrons. The van der Waals surface area contributed by atoms with Crippen LogP contribution >= 0.6 is 0 Å². The lowest BCUT2D eigenvalue weighted by molar-refractivity contribution is 0.0138. The van der Waals surface area contributed by atoms with Crippen molar-refractivity contribution < 1.29 is 22.9 Å². The molecular formula is C11H12N2O5S. The van der Waals surface area contributed by atoms with Gasteiger partial charge in [0.25, 0.3) is 10.1 Å². The second-order valence-corrected chi connectivity index (χ2v) is 5.67. The highest BCUT2D eigenvalue weighted by Gasteiger charge is 2.39. The van der Waals surface area contributed by atoms with Crippen molar-refractivity contribution in [3.8, 4) is 0 Å². The monoisotopic (exact) mass is 284 g/mol. The quantitative estimate of drug-likeness (QED) is 0.453. The molecule has 0 fully saturated rings. The Morgan fingerprint density at radius 1 is 1.37 bits per heavy atom. The molecule has 0 aliphatic heterocycles. The zero-order valence-electron chi connectivity index (χ0n) is 9.70. The number of nitrogens with one attached hydrogen (secondary N) is 1. The van der Waals surface area contributed by atoms with Crippen molar-refractivity contribution in [1.29, 1.82) is 0 Å². The SMILES string of the molecule is NC(=O)NC1(O)CC(S(=O)(=O)O)=Cc2ccccc21. The first-order valence-electron chi connectivity index (χ1n) is 5.30. The molecule has 1 aliphatic rings. The number of rotatable bonds is 2. The van der Waals surface area contributed by atoms with Crippen LogP contribution in [0.2, 0.25) is 0 Å². The molecule has 2 amide bonds. The van der Waals surface area contributed by atoms with Gasteiger partial charge in [-0.1, -0.05) is 24.3 Å². The van der Waals surface area contributed by atoms with E-state index in [9.17, 15) is 18.3 Å². The molecule has 0 heterocycles. The van der Waals surface area contributed by atoms with Crippen LogP contribution in [0, 0.1) is 0 Å². The molecule has 0 saturated heterocycles. The van der Waals surface area contributed by atoms with Crippen molar-refractivity contribution in [2.24, 2.45) is 5.73 Å². The fourth-order valence-corrected chi connectivity index (χ4v) is 2.72. The van der Waals surface area contributed by atoms with E-state index in [1.165, 1.54) is 12.1 Å². The van der Waals surface area contributed by atoms with Crippen LogP contribution in [0.5, 0.6) is 0 Å². The molecule has 102 valence electrons. The molecular weight excluding hydrogens is 272 g/mol. The molecule has 8 heteroatoms. The molecule has 0 bridgehead atoms. The normalized spacial score (nSPS) is 22.3. The maximum atomic E-state index is 11.2. The van der Waals surface area contributed by atoms with Gasteiger partial charge in [0.05, 0.1) is 4.91 Å². The molecule has 1 aromatic rings. The molecule has 1 atom stereocenters. The number of carbonyl (C=O) groups is 1. The van der Waals surface area contributed by atoms with Gasteiger partial charge in [-0.3, -0.25) is 4.55 Å². The van der Waals surface area contributed by atoms with Crippen molar-refractivity contribution in [1.82, 2.24) is 5.32 Å². The molecule has 7 nitrogen and oxygen atoms in total. The van der Waals surface area contributed by atoms with E-state index in [4.69, 9.17) is 10.3 Å². The molecule has 1 unspecified atom stereocenters. The molecule has 1 aromatic carbocycles. The van der Waals surface area contributed by atoms with Gasteiger partial charge in [-0.25, -0.2) is 4.79 Å². The van der Waals surface area contributed by atoms with E-state index in [-0.39, 0.29) is 0 Å². The van der Waals surface area contributed by atoms with E-state index in [0.29, 0.717) is 11.1 Å². The molecule has 2 rings (SSSR count). The summed E-state index contributed by atoms with van der Waals surface area (Å²) in [5.41, 5.74) is 3.69. The minimum absolute atomic E-state index is 0.307. The fourth-order valence-electron chi connectivity index (χ4n) is 2.05. The minimum atomic E-state index is -4.47. The summed E-state index contributed by atoms with van der Waals surface area (Å²) < 4.78 is 31.5. The van der Waals surface area contributed by atoms with Gasteiger partial charge in [-0.15, -0.1) is 0 Å². The topological polar surface area (TPSA) is 130 Å². The van der Waals surface area contributed by atoms with Gasteiger partial charge in [0.2, 0.25) is 0 Å². The number of primary amides is 1. The van der Waals surface area contributed by atoms with Gasteiger partial charge >= 0.3 is 6.03 Å². The molecule has 0 spiro atoms. The first kappa shape index (κ1) is 13.5. The third-order valence-electron chi connectivity index (χ3n) is 2.81. The number of aliphatic hydroxyl groups is 1. The second-order valence-electron chi connectivity index (χ2n) is 4.20. The van der Waals surface area contributed by atoms with Crippen molar-refractivity contribution in [2.75, 3.05) is 0 Å². The lowest BCUT2D eigenvalue weighted by Gasteiger charge is -2.33. The number of hydrogen-bond donors (Lipinski definition) is 4. The predicted molar refractivity (Wildman–Crippen MR) is 67.2 cm³/mol. The van der Waals surface area contributed by atoms with Crippen LogP contribution in [-0.4, -0.2) is 24.1 Å². The van der Waals surface area contributed by atoms with Gasteiger partial charge in [0, 0.05) is 12.0 Å². The van der Waals surface area contributed by atoms with Crippen LogP contribution in [0.25, 0.3) is 6.08 Å². The molecule has 0 saturated carbocycles. The largest absolute Gasteiger partial charge is 0.366 e. The van der Waals surface area contributed by atoms with Crippen molar-refractivity contribution >= 4 is 22.2 Å². The summed E-state index contributed by atoms with van der Waals surface area (Å²) in [5.74, 6) is 0. The zero-order chi connectivity index (χ0) is 14.3. The minimum Gasteiger partial charge on any atom is -0.366 e. The van der Waals surface area contributed by atoms with Crippen LogP contribution in [0.3, 0.4) is 0 Å². The summed E-state index contributed by atoms with van der Waals surface area (Å²) in [6, 6.07) is 5.33. The van der Waals surface area contributed by atoms with Gasteiger partial charge in [-0.2, -0.15) is 8.42 Å². The Balaban J connectivity index is 2.61. The number of benzene rings is 1. The van der Waals surface area contributed by atoms with Crippen molar-refractivity contribution in [3.05, 3.63) is 40.3 Å². The molecule has 0 aromatic heterocycles. The number of fused-ring (bicyclic) bond motifs is 1. The summed E-state index contributed by atoms with van der Waals surface area (Å²) in [7, 11) is -4.47. The molecule has 19 heavy (non-hydrogen) atoms. The average Bonchev–Trinajstić information content (AvgIpc) is 2.26. The Bertz CT molecular complexity index is 667. The Labute approximate surface area is 109 Å². The van der Waals surface area contributed by atoms with E-state index in [2.05, 4.69) is 5.32 Å². The van der Waals surface area contributed by atoms with Gasteiger partial charge in [0.1, 0.15) is 0 Å². The van der Waals surface area contributed by atoms with Crippen molar-refractivity contribution in [2.45, 2.75) is 12.1 Å². The standard InChI is InChI=1S/C11H12N2O5S/c12-10(14)13-11(15)6-8(19(16,17)18)5-7-3-1-2-4-9(7)11/h1-5,15H,6H2,(H3,12,13,14)(H,16,17,18). The van der Waals surface area contributed by atoms with Crippen molar-refractivity contribution in [3.63, 3.8) is 0 Å². The summed E-state index contributed by atoms with van der Waals surface area (Å²) >= 11 is 0. The molecule has 5 N–H and O–H groups in total. The lowest BCUT2D eigenvalue weighted by Crippen LogP contribution is -2.50. The van der Waals surface area contributed by atoms with Gasteiger partial charge < -0.3 is 16.2 Å². The number of carbonyl (C=O) groups excluding carboxylic acids is 1. The summed E-state index contributed by atoms with van der Waals surface area (Å²) in [5, 5.41) is 12.5. The van der Waals surface area contributed by atoms with Crippen LogP contribution < -0.4 is 11.1 Å². The first-order chi connectivity index (χ1) is 8.72. The predicted octanol–water partition coefficient (Wildman–Crippen LogP) is 0.132. The van der Waals surface area contributed by atoms with Crippen LogP contribution in [0.15, 0.2) is 29.2 Å². The third-order valence-corrected chi connectivity index (χ3v) is 3.74. The average molecular weight is 284 g/mol. The van der Waals surface area contributed by atoms with Crippen LogP contribution in [0.4, 0.5) is 4.79 Å². The Hall–Kier alpha value is -1.90. The van der Waals surface area contributed by atoms with Gasteiger partial charge in [0.15, 0.2) is 5.72 Å². The van der Waals surface area contributed by atoms with Crippen LogP contribution in [-0.2, 0) is 15.8 Å². The summed E-state index contributed by atoms with van der Waals surface area (Å²) in [4.78, 5) is 10.6. The highest BCUT2D eigenvalue weighted by atomic mass is 32.2. The number of nitrogens with two attached hydrogens (primary N) is 1. The van der Waals surface area contributed by atoms with E-state index < -0.39 is 33.2 Å². The van der Waals surface area contributed by atoms with E-state index >= 15 is 0 Å². The first-order valence-corrected chi connectivity index (χ1v) is 6.74. The zero-order valence-corrected chi connectivity index (χ0v) is 10.5. The Kier molecular flexibility index (Phi) is 3.09. The highest BCUT2D eigenvalue weighted by Crippen LogP contribution is 2.36. The van der Waals surface area contributed by atoms with Crippen LogP contribution in [0.1, 0.15) is 17.5 Å². The number of amides is 2. The van der Waals surface area contributed by atoms with E-state index in [1.54, 1.807) is 18.2 Å². The fraction of sp³-hybridized carbons (Fsp3) is 0.182. The lowest BCUT2D eigenvalue weighted by atomic mass is 9.89. The smallest absolute Gasteiger partial charge is 0.314 e. The Morgan fingerprint density at radius 2 is 2.00 bits per heavy atom. The molecule has 1 aliphatic carbocycles. The summed E-state index contributed by atoms with van der Waals surface area (Å²) in [6.07, 6.45) is 0.744. The maximum absolute atomic E-state index is 11.2. The van der Waals surface area contributed by atoms with E-state index in [1.807, 2.05) is 0 Å².